The lowest BCUT2D eigenvalue weighted by Crippen LogP contribution is -2.30. The third-order valence-electron chi connectivity index (χ3n) is 3.06. The van der Waals surface area contributed by atoms with E-state index in [0.29, 0.717) is 18.9 Å². The Balaban J connectivity index is 1.84. The predicted octanol–water partition coefficient (Wildman–Crippen LogP) is 1.89. The molecule has 1 aromatic carbocycles. The molecule has 0 saturated carbocycles. The first-order chi connectivity index (χ1) is 10.7. The Bertz CT molecular complexity index is 588. The SMILES string of the molecule is COCCn1cnnc1[C@H](C)NC(=O)CSc1ccccc1. The minimum Gasteiger partial charge on any atom is -0.383 e. The van der Waals surface area contributed by atoms with Gasteiger partial charge >= 0.3 is 0 Å². The van der Waals surface area contributed by atoms with Gasteiger partial charge in [0.05, 0.1) is 18.4 Å². The van der Waals surface area contributed by atoms with Crippen LogP contribution in [-0.2, 0) is 16.1 Å². The summed E-state index contributed by atoms with van der Waals surface area (Å²) in [5, 5.41) is 10.9. The molecule has 2 rings (SSSR count). The molecular formula is C15H20N4O2S. The summed E-state index contributed by atoms with van der Waals surface area (Å²) in [5.41, 5.74) is 0. The molecule has 0 saturated heterocycles. The molecule has 1 amide bonds. The Morgan fingerprint density at radius 2 is 2.18 bits per heavy atom. The number of ether oxygens (including phenoxy) is 1. The predicted molar refractivity (Wildman–Crippen MR) is 85.6 cm³/mol. The van der Waals surface area contributed by atoms with Crippen molar-refractivity contribution in [3.05, 3.63) is 42.5 Å². The summed E-state index contributed by atoms with van der Waals surface area (Å²) in [4.78, 5) is 13.1. The van der Waals surface area contributed by atoms with Crippen LogP contribution < -0.4 is 5.32 Å². The van der Waals surface area contributed by atoms with E-state index in [4.69, 9.17) is 4.74 Å². The van der Waals surface area contributed by atoms with Crippen molar-refractivity contribution in [1.82, 2.24) is 20.1 Å². The van der Waals surface area contributed by atoms with Gasteiger partial charge in [0, 0.05) is 18.6 Å². The molecule has 6 nitrogen and oxygen atoms in total. The van der Waals surface area contributed by atoms with Gasteiger partial charge in [-0.1, -0.05) is 18.2 Å². The quantitative estimate of drug-likeness (QED) is 0.752. The third kappa shape index (κ3) is 4.85. The molecule has 1 heterocycles. The van der Waals surface area contributed by atoms with Crippen molar-refractivity contribution in [1.29, 1.82) is 0 Å². The van der Waals surface area contributed by atoms with E-state index in [1.54, 1.807) is 13.4 Å². The number of amides is 1. The lowest BCUT2D eigenvalue weighted by atomic mass is 10.3. The number of hydrogen-bond donors (Lipinski definition) is 1. The van der Waals surface area contributed by atoms with E-state index in [2.05, 4.69) is 15.5 Å². The largest absolute Gasteiger partial charge is 0.383 e. The van der Waals surface area contributed by atoms with E-state index in [-0.39, 0.29) is 11.9 Å². The summed E-state index contributed by atoms with van der Waals surface area (Å²) >= 11 is 1.51. The van der Waals surface area contributed by atoms with Crippen molar-refractivity contribution < 1.29 is 9.53 Å². The fourth-order valence-electron chi connectivity index (χ4n) is 1.97. The highest BCUT2D eigenvalue weighted by Crippen LogP contribution is 2.17. The molecule has 7 heteroatoms. The normalized spacial score (nSPS) is 12.1. The van der Waals surface area contributed by atoms with E-state index in [0.717, 1.165) is 10.7 Å². The van der Waals surface area contributed by atoms with Gasteiger partial charge in [0.25, 0.3) is 0 Å². The fourth-order valence-corrected chi connectivity index (χ4v) is 2.71. The first-order valence-electron chi connectivity index (χ1n) is 7.04. The number of carbonyl (C=O) groups is 1. The highest BCUT2D eigenvalue weighted by atomic mass is 32.2. The molecule has 0 unspecified atom stereocenters. The molecule has 118 valence electrons. The van der Waals surface area contributed by atoms with Gasteiger partial charge in [-0.15, -0.1) is 22.0 Å². The average molecular weight is 320 g/mol. The molecule has 0 radical (unpaired) electrons. The van der Waals surface area contributed by atoms with Crippen molar-refractivity contribution in [3.63, 3.8) is 0 Å². The maximum Gasteiger partial charge on any atom is 0.230 e. The van der Waals surface area contributed by atoms with Gasteiger partial charge < -0.3 is 14.6 Å². The Morgan fingerprint density at radius 3 is 2.91 bits per heavy atom. The number of methoxy groups -OCH3 is 1. The Morgan fingerprint density at radius 1 is 1.41 bits per heavy atom. The average Bonchev–Trinajstić information content (AvgIpc) is 3.00. The van der Waals surface area contributed by atoms with E-state index >= 15 is 0 Å². The maximum atomic E-state index is 12.0. The molecule has 0 spiro atoms. The van der Waals surface area contributed by atoms with Gasteiger partial charge in [-0.05, 0) is 19.1 Å². The monoisotopic (exact) mass is 320 g/mol. The maximum absolute atomic E-state index is 12.0. The number of nitrogens with one attached hydrogen (secondary N) is 1. The van der Waals surface area contributed by atoms with Crippen molar-refractivity contribution in [2.75, 3.05) is 19.5 Å². The topological polar surface area (TPSA) is 69.0 Å². The van der Waals surface area contributed by atoms with Gasteiger partial charge in [-0.2, -0.15) is 0 Å². The molecule has 1 aromatic heterocycles. The summed E-state index contributed by atoms with van der Waals surface area (Å²) in [6, 6.07) is 9.66. The number of benzene rings is 1. The minimum absolute atomic E-state index is 0.0253. The van der Waals surface area contributed by atoms with Crippen molar-refractivity contribution >= 4 is 17.7 Å². The second kappa shape index (κ2) is 8.55. The van der Waals surface area contributed by atoms with Gasteiger partial charge in [-0.3, -0.25) is 4.79 Å². The molecule has 0 aliphatic carbocycles. The standard InChI is InChI=1S/C15H20N4O2S/c1-12(15-18-16-11-19(15)8-9-21-2)17-14(20)10-22-13-6-4-3-5-7-13/h3-7,11-12H,8-10H2,1-2H3,(H,17,20)/t12-/m0/s1. The highest BCUT2D eigenvalue weighted by Gasteiger charge is 2.15. The van der Waals surface area contributed by atoms with Crippen LogP contribution in [0.25, 0.3) is 0 Å². The smallest absolute Gasteiger partial charge is 0.230 e. The molecule has 0 aliphatic heterocycles. The number of aromatic nitrogens is 3. The van der Waals surface area contributed by atoms with Crippen molar-refractivity contribution in [2.24, 2.45) is 0 Å². The lowest BCUT2D eigenvalue weighted by Gasteiger charge is -2.14. The van der Waals surface area contributed by atoms with Gasteiger partial charge in [0.2, 0.25) is 5.91 Å². The highest BCUT2D eigenvalue weighted by molar-refractivity contribution is 8.00. The first-order valence-corrected chi connectivity index (χ1v) is 8.03. The van der Waals surface area contributed by atoms with Crippen LogP contribution in [0.4, 0.5) is 0 Å². The van der Waals surface area contributed by atoms with E-state index in [1.165, 1.54) is 11.8 Å². The third-order valence-corrected chi connectivity index (χ3v) is 4.07. The number of thioether (sulfide) groups is 1. The first kappa shape index (κ1) is 16.5. The molecule has 2 aromatic rings. The van der Waals surface area contributed by atoms with Crippen LogP contribution in [0.3, 0.4) is 0 Å². The number of carbonyl (C=O) groups excluding carboxylic acids is 1. The molecule has 1 atom stereocenters. The summed E-state index contributed by atoms with van der Waals surface area (Å²) in [5.74, 6) is 1.08. The molecule has 0 fully saturated rings. The minimum atomic E-state index is -0.191. The second-order valence-electron chi connectivity index (χ2n) is 4.77. The molecule has 0 aliphatic rings. The van der Waals surface area contributed by atoms with E-state index < -0.39 is 0 Å². The zero-order chi connectivity index (χ0) is 15.8. The van der Waals surface area contributed by atoms with E-state index in [9.17, 15) is 4.79 Å². The van der Waals surface area contributed by atoms with Crippen LogP contribution in [0.1, 0.15) is 18.8 Å². The van der Waals surface area contributed by atoms with E-state index in [1.807, 2.05) is 41.8 Å². The van der Waals surface area contributed by atoms with Crippen LogP contribution in [0, 0.1) is 0 Å². The Labute approximate surface area is 134 Å². The van der Waals surface area contributed by atoms with Crippen molar-refractivity contribution in [3.8, 4) is 0 Å². The summed E-state index contributed by atoms with van der Waals surface area (Å²) in [7, 11) is 1.65. The zero-order valence-electron chi connectivity index (χ0n) is 12.7. The lowest BCUT2D eigenvalue weighted by molar-refractivity contribution is -0.119. The Kier molecular flexibility index (Phi) is 6.42. The van der Waals surface area contributed by atoms with Crippen LogP contribution in [0.15, 0.2) is 41.6 Å². The van der Waals surface area contributed by atoms with Crippen LogP contribution in [0.2, 0.25) is 0 Å². The molecular weight excluding hydrogens is 300 g/mol. The number of rotatable bonds is 8. The van der Waals surface area contributed by atoms with Gasteiger partial charge in [0.1, 0.15) is 6.33 Å². The van der Waals surface area contributed by atoms with Crippen molar-refractivity contribution in [2.45, 2.75) is 24.4 Å². The molecule has 22 heavy (non-hydrogen) atoms. The fraction of sp³-hybridized carbons (Fsp3) is 0.400. The van der Waals surface area contributed by atoms with Gasteiger partial charge in [0.15, 0.2) is 5.82 Å². The van der Waals surface area contributed by atoms with Crippen LogP contribution in [0.5, 0.6) is 0 Å². The molecule has 1 N–H and O–H groups in total. The summed E-state index contributed by atoms with van der Waals surface area (Å²) in [6.45, 7) is 3.14. The van der Waals surface area contributed by atoms with Crippen LogP contribution in [-0.4, -0.2) is 40.1 Å². The summed E-state index contributed by atoms with van der Waals surface area (Å²) in [6.07, 6.45) is 1.65. The second-order valence-corrected chi connectivity index (χ2v) is 5.82. The van der Waals surface area contributed by atoms with Crippen LogP contribution >= 0.6 is 11.8 Å². The Hall–Kier alpha value is -1.86. The molecule has 0 bridgehead atoms. The number of nitrogens with zero attached hydrogens (tertiary/aromatic N) is 3. The zero-order valence-corrected chi connectivity index (χ0v) is 13.5. The summed E-state index contributed by atoms with van der Waals surface area (Å²) < 4.78 is 6.94. The van der Waals surface area contributed by atoms with Gasteiger partial charge in [-0.25, -0.2) is 0 Å². The number of hydrogen-bond acceptors (Lipinski definition) is 5.